The highest BCUT2D eigenvalue weighted by atomic mass is 16.6. The zero-order chi connectivity index (χ0) is 13.5. The Balaban J connectivity index is 3.07. The number of esters is 1. The highest BCUT2D eigenvalue weighted by Crippen LogP contribution is 1.84. The Bertz CT molecular complexity index is 256. The monoisotopic (exact) mass is 261 g/mol. The van der Waals surface area contributed by atoms with Crippen molar-refractivity contribution in [3.8, 4) is 0 Å². The van der Waals surface area contributed by atoms with Crippen LogP contribution in [0.5, 0.6) is 0 Å². The Morgan fingerprint density at radius 3 is 2.33 bits per heavy atom. The van der Waals surface area contributed by atoms with Crippen LogP contribution in [0.15, 0.2) is 5.11 Å². The first-order valence-corrected chi connectivity index (χ1v) is 5.71. The summed E-state index contributed by atoms with van der Waals surface area (Å²) in [4.78, 5) is 13.5. The fraction of sp³-hybridized carbons (Fsp3) is 0.900. The minimum absolute atomic E-state index is 0.0557. The van der Waals surface area contributed by atoms with E-state index in [4.69, 9.17) is 19.7 Å². The molecule has 8 nitrogen and oxygen atoms in total. The van der Waals surface area contributed by atoms with E-state index in [-0.39, 0.29) is 12.6 Å². The lowest BCUT2D eigenvalue weighted by molar-refractivity contribution is -0.148. The maximum absolute atomic E-state index is 10.9. The van der Waals surface area contributed by atoms with Crippen LogP contribution in [0.4, 0.5) is 0 Å². The van der Waals surface area contributed by atoms with Gasteiger partial charge in [-0.1, -0.05) is 5.11 Å². The van der Waals surface area contributed by atoms with Crippen molar-refractivity contribution in [1.82, 2.24) is 0 Å². The molecule has 0 aliphatic carbocycles. The molecule has 0 fully saturated rings. The first-order valence-electron chi connectivity index (χ1n) is 5.71. The van der Waals surface area contributed by atoms with Crippen LogP contribution in [0.25, 0.3) is 10.4 Å². The van der Waals surface area contributed by atoms with Crippen molar-refractivity contribution in [1.29, 1.82) is 0 Å². The average Bonchev–Trinajstić information content (AvgIpc) is 2.36. The van der Waals surface area contributed by atoms with Crippen LogP contribution in [0.1, 0.15) is 6.92 Å². The molecule has 0 unspecified atom stereocenters. The van der Waals surface area contributed by atoms with Crippen molar-refractivity contribution in [3.63, 3.8) is 0 Å². The van der Waals surface area contributed by atoms with Crippen molar-refractivity contribution in [2.75, 3.05) is 52.8 Å². The van der Waals surface area contributed by atoms with Gasteiger partial charge in [0, 0.05) is 11.5 Å². The smallest absolute Gasteiger partial charge is 0.332 e. The van der Waals surface area contributed by atoms with Gasteiger partial charge in [0.1, 0.15) is 6.61 Å². The Hall–Kier alpha value is -1.34. The fourth-order valence-electron chi connectivity index (χ4n) is 0.948. The minimum atomic E-state index is -0.376. The molecule has 0 heterocycles. The van der Waals surface area contributed by atoms with Crippen LogP contribution in [0.3, 0.4) is 0 Å². The maximum Gasteiger partial charge on any atom is 0.332 e. The van der Waals surface area contributed by atoms with Gasteiger partial charge in [0.25, 0.3) is 0 Å². The molecule has 0 aromatic rings. The fourth-order valence-corrected chi connectivity index (χ4v) is 0.948. The average molecular weight is 261 g/mol. The molecule has 0 amide bonds. The molecule has 0 aromatic heterocycles. The Kier molecular flexibility index (Phi) is 12.7. The molecule has 0 aromatic carbocycles. The SMILES string of the molecule is CCOC(=O)COCCOCCOCCN=[N+]=[N-]. The zero-order valence-electron chi connectivity index (χ0n) is 10.5. The summed E-state index contributed by atoms with van der Waals surface area (Å²) in [6, 6.07) is 0. The molecule has 0 aliphatic rings. The summed E-state index contributed by atoms with van der Waals surface area (Å²) in [5, 5.41) is 3.31. The summed E-state index contributed by atoms with van der Waals surface area (Å²) in [7, 11) is 0. The predicted molar refractivity (Wildman–Crippen MR) is 63.1 cm³/mol. The van der Waals surface area contributed by atoms with Crippen LogP contribution in [-0.2, 0) is 23.7 Å². The number of rotatable bonds is 12. The third-order valence-corrected chi connectivity index (χ3v) is 1.67. The van der Waals surface area contributed by atoms with Crippen molar-refractivity contribution in [3.05, 3.63) is 10.4 Å². The second-order valence-electron chi connectivity index (χ2n) is 3.04. The molecule has 0 atom stereocenters. The standard InChI is InChI=1S/C10H19N3O5/c1-2-18-10(14)9-17-8-7-16-6-5-15-4-3-12-13-11/h2-9H2,1H3. The number of hydrogen-bond acceptors (Lipinski definition) is 6. The highest BCUT2D eigenvalue weighted by molar-refractivity contribution is 5.70. The highest BCUT2D eigenvalue weighted by Gasteiger charge is 2.00. The maximum atomic E-state index is 10.9. The molecule has 0 saturated heterocycles. The molecule has 0 bridgehead atoms. The second kappa shape index (κ2) is 13.7. The summed E-state index contributed by atoms with van der Waals surface area (Å²) in [5.74, 6) is -0.376. The van der Waals surface area contributed by atoms with Crippen LogP contribution in [-0.4, -0.2) is 58.8 Å². The first-order chi connectivity index (χ1) is 8.81. The molecule has 0 radical (unpaired) electrons. The van der Waals surface area contributed by atoms with Gasteiger partial charge >= 0.3 is 5.97 Å². The number of carbonyl (C=O) groups is 1. The Morgan fingerprint density at radius 2 is 1.72 bits per heavy atom. The number of azide groups is 1. The first kappa shape index (κ1) is 16.7. The van der Waals surface area contributed by atoms with Gasteiger partial charge in [-0.15, -0.1) is 0 Å². The summed E-state index contributed by atoms with van der Waals surface area (Å²) in [6.45, 7) is 4.31. The lowest BCUT2D eigenvalue weighted by atomic mass is 10.6. The molecular formula is C10H19N3O5. The topological polar surface area (TPSA) is 103 Å². The number of ether oxygens (including phenoxy) is 4. The zero-order valence-corrected chi connectivity index (χ0v) is 10.5. The van der Waals surface area contributed by atoms with Crippen molar-refractivity contribution in [2.24, 2.45) is 5.11 Å². The van der Waals surface area contributed by atoms with Gasteiger partial charge in [-0.2, -0.15) is 0 Å². The van der Waals surface area contributed by atoms with Gasteiger partial charge in [-0.25, -0.2) is 4.79 Å². The van der Waals surface area contributed by atoms with Crippen molar-refractivity contribution in [2.45, 2.75) is 6.92 Å². The van der Waals surface area contributed by atoms with Crippen LogP contribution >= 0.6 is 0 Å². The molecule has 8 heteroatoms. The number of hydrogen-bond donors (Lipinski definition) is 0. The van der Waals surface area contributed by atoms with E-state index >= 15 is 0 Å². The van der Waals surface area contributed by atoms with E-state index in [1.807, 2.05) is 0 Å². The van der Waals surface area contributed by atoms with E-state index in [0.29, 0.717) is 46.2 Å². The van der Waals surface area contributed by atoms with Gasteiger partial charge in [0.15, 0.2) is 0 Å². The largest absolute Gasteiger partial charge is 0.464 e. The molecule has 0 rings (SSSR count). The van der Waals surface area contributed by atoms with Gasteiger partial charge in [-0.3, -0.25) is 0 Å². The molecule has 0 spiro atoms. The number of carbonyl (C=O) groups excluding carboxylic acids is 1. The predicted octanol–water partition coefficient (Wildman–Crippen LogP) is 0.910. The summed E-state index contributed by atoms with van der Waals surface area (Å²) in [6.07, 6.45) is 0. The van der Waals surface area contributed by atoms with E-state index in [1.165, 1.54) is 0 Å². The summed E-state index contributed by atoms with van der Waals surface area (Å²) < 4.78 is 20.0. The van der Waals surface area contributed by atoms with Gasteiger partial charge in [0.05, 0.1) is 39.6 Å². The molecule has 0 N–H and O–H groups in total. The third kappa shape index (κ3) is 12.7. The lowest BCUT2D eigenvalue weighted by Gasteiger charge is -2.06. The van der Waals surface area contributed by atoms with Crippen LogP contribution < -0.4 is 0 Å². The van der Waals surface area contributed by atoms with Crippen LogP contribution in [0.2, 0.25) is 0 Å². The van der Waals surface area contributed by atoms with Gasteiger partial charge < -0.3 is 18.9 Å². The number of nitrogens with zero attached hydrogens (tertiary/aromatic N) is 3. The second-order valence-corrected chi connectivity index (χ2v) is 3.04. The minimum Gasteiger partial charge on any atom is -0.464 e. The van der Waals surface area contributed by atoms with Gasteiger partial charge in [0.2, 0.25) is 0 Å². The lowest BCUT2D eigenvalue weighted by Crippen LogP contribution is -2.16. The summed E-state index contributed by atoms with van der Waals surface area (Å²) in [5.41, 5.74) is 7.99. The van der Waals surface area contributed by atoms with E-state index in [1.54, 1.807) is 6.92 Å². The van der Waals surface area contributed by atoms with E-state index in [2.05, 4.69) is 14.8 Å². The molecule has 0 saturated carbocycles. The quantitative estimate of drug-likeness (QED) is 0.171. The Labute approximate surface area is 106 Å². The normalized spacial score (nSPS) is 9.83. The van der Waals surface area contributed by atoms with E-state index < -0.39 is 0 Å². The van der Waals surface area contributed by atoms with Gasteiger partial charge in [-0.05, 0) is 12.5 Å². The molecular weight excluding hydrogens is 242 g/mol. The molecule has 104 valence electrons. The summed E-state index contributed by atoms with van der Waals surface area (Å²) >= 11 is 0. The van der Waals surface area contributed by atoms with Crippen molar-refractivity contribution < 1.29 is 23.7 Å². The van der Waals surface area contributed by atoms with E-state index in [0.717, 1.165) is 0 Å². The van der Waals surface area contributed by atoms with Crippen LogP contribution in [0, 0.1) is 0 Å². The third-order valence-electron chi connectivity index (χ3n) is 1.67. The molecule has 0 aliphatic heterocycles. The van der Waals surface area contributed by atoms with Crippen molar-refractivity contribution >= 4 is 5.97 Å². The Morgan fingerprint density at radius 1 is 1.11 bits per heavy atom. The van der Waals surface area contributed by atoms with E-state index in [9.17, 15) is 4.79 Å². The molecule has 18 heavy (non-hydrogen) atoms.